The summed E-state index contributed by atoms with van der Waals surface area (Å²) < 4.78 is 33.0. The monoisotopic (exact) mass is 394 g/mol. The normalized spacial score (nSPS) is 14.0. The maximum Gasteiger partial charge on any atom is 0.339 e. The molecule has 2 heterocycles. The highest BCUT2D eigenvalue weighted by molar-refractivity contribution is 6.13. The van der Waals surface area contributed by atoms with Crippen molar-refractivity contribution in [3.8, 4) is 39.9 Å². The van der Waals surface area contributed by atoms with Crippen LogP contribution in [0.5, 0.6) is 28.7 Å². The van der Waals surface area contributed by atoms with E-state index in [0.717, 1.165) is 27.5 Å². The van der Waals surface area contributed by atoms with Crippen LogP contribution in [-0.4, -0.2) is 34.1 Å². The Kier molecular flexibility index (Phi) is 3.91. The zero-order valence-corrected chi connectivity index (χ0v) is 16.2. The molecule has 0 aliphatic carbocycles. The van der Waals surface area contributed by atoms with Gasteiger partial charge in [0.05, 0.1) is 26.9 Å². The molecule has 7 nitrogen and oxygen atoms in total. The number of rotatable bonds is 4. The lowest BCUT2D eigenvalue weighted by Gasteiger charge is -2.18. The van der Waals surface area contributed by atoms with Gasteiger partial charge in [-0.25, -0.2) is 4.79 Å². The summed E-state index contributed by atoms with van der Waals surface area (Å²) in [5, 5.41) is 1.59. The first-order chi connectivity index (χ1) is 14.2. The van der Waals surface area contributed by atoms with Crippen LogP contribution in [0.4, 0.5) is 0 Å². The Balaban J connectivity index is 1.91. The smallest absolute Gasteiger partial charge is 0.339 e. The molecule has 0 bridgehead atoms. The van der Waals surface area contributed by atoms with E-state index in [1.165, 1.54) is 0 Å². The van der Waals surface area contributed by atoms with E-state index in [9.17, 15) is 4.79 Å². The molecule has 0 spiro atoms. The van der Waals surface area contributed by atoms with Gasteiger partial charge >= 0.3 is 5.97 Å². The molecule has 0 N–H and O–H groups in total. The van der Waals surface area contributed by atoms with Gasteiger partial charge in [0.15, 0.2) is 23.0 Å². The van der Waals surface area contributed by atoms with Crippen molar-refractivity contribution in [3.63, 3.8) is 0 Å². The zero-order valence-electron chi connectivity index (χ0n) is 16.2. The van der Waals surface area contributed by atoms with Gasteiger partial charge in [-0.1, -0.05) is 6.07 Å². The zero-order chi connectivity index (χ0) is 20.1. The summed E-state index contributed by atoms with van der Waals surface area (Å²) in [5.41, 5.74) is 2.87. The van der Waals surface area contributed by atoms with E-state index in [-0.39, 0.29) is 19.4 Å². The number of fused-ring (bicyclic) bond motifs is 3. The van der Waals surface area contributed by atoms with E-state index < -0.39 is 0 Å². The van der Waals surface area contributed by atoms with Gasteiger partial charge in [-0.2, -0.15) is 0 Å². The number of esters is 1. The maximum absolute atomic E-state index is 12.6. The van der Waals surface area contributed by atoms with Crippen LogP contribution in [0.3, 0.4) is 0 Å². The number of methoxy groups -OCH3 is 3. The molecule has 0 unspecified atom stereocenters. The third-order valence-electron chi connectivity index (χ3n) is 5.25. The van der Waals surface area contributed by atoms with Gasteiger partial charge in [-0.05, 0) is 35.2 Å². The molecule has 0 saturated heterocycles. The number of carbonyl (C=O) groups excluding carboxylic acids is 1. The number of benzene rings is 3. The maximum atomic E-state index is 12.6. The number of cyclic esters (lactones) is 1. The van der Waals surface area contributed by atoms with Crippen molar-refractivity contribution in [1.29, 1.82) is 0 Å². The van der Waals surface area contributed by atoms with E-state index in [2.05, 4.69) is 0 Å². The molecule has 3 aromatic rings. The van der Waals surface area contributed by atoms with Crippen molar-refractivity contribution < 1.29 is 33.2 Å². The first-order valence-corrected chi connectivity index (χ1v) is 9.02. The minimum Gasteiger partial charge on any atom is -0.493 e. The van der Waals surface area contributed by atoms with E-state index >= 15 is 0 Å². The molecule has 0 saturated carbocycles. The van der Waals surface area contributed by atoms with Crippen LogP contribution in [0.1, 0.15) is 15.9 Å². The molecule has 2 aliphatic rings. The second kappa shape index (κ2) is 6.48. The Hall–Kier alpha value is -3.61. The molecular weight excluding hydrogens is 376 g/mol. The highest BCUT2D eigenvalue weighted by Crippen LogP contribution is 2.49. The topological polar surface area (TPSA) is 72.5 Å². The lowest BCUT2D eigenvalue weighted by atomic mass is 9.89. The Labute approximate surface area is 166 Å². The molecular formula is C22H18O7. The average Bonchev–Trinajstić information content (AvgIpc) is 3.36. The fourth-order valence-electron chi connectivity index (χ4n) is 3.98. The average molecular weight is 394 g/mol. The van der Waals surface area contributed by atoms with Crippen molar-refractivity contribution in [3.05, 3.63) is 41.5 Å². The number of hydrogen-bond donors (Lipinski definition) is 0. The van der Waals surface area contributed by atoms with Crippen molar-refractivity contribution in [2.75, 3.05) is 28.1 Å². The van der Waals surface area contributed by atoms with Crippen molar-refractivity contribution >= 4 is 16.7 Å². The molecule has 0 atom stereocenters. The second-order valence-electron chi connectivity index (χ2n) is 6.67. The van der Waals surface area contributed by atoms with Gasteiger partial charge in [0.2, 0.25) is 12.5 Å². The molecule has 5 rings (SSSR count). The molecule has 0 radical (unpaired) electrons. The third kappa shape index (κ3) is 2.47. The standard InChI is InChI=1S/C22H18O7/c1-24-17-8-13-14(20(25-2)21(17)26-3)6-12-9-27-22(23)19(12)18(13)11-4-5-15-16(7-11)29-10-28-15/h4-8H,9-10H2,1-3H3. The second-order valence-corrected chi connectivity index (χ2v) is 6.67. The minimum absolute atomic E-state index is 0.174. The quantitative estimate of drug-likeness (QED) is 0.621. The molecule has 7 heteroatoms. The highest BCUT2D eigenvalue weighted by atomic mass is 16.7. The summed E-state index contributed by atoms with van der Waals surface area (Å²) in [4.78, 5) is 12.6. The number of carbonyl (C=O) groups is 1. The van der Waals surface area contributed by atoms with E-state index in [1.807, 2.05) is 30.3 Å². The summed E-state index contributed by atoms with van der Waals surface area (Å²) in [6.45, 7) is 0.381. The van der Waals surface area contributed by atoms with Gasteiger partial charge in [-0.15, -0.1) is 0 Å². The molecule has 0 aromatic heterocycles. The van der Waals surface area contributed by atoms with E-state index in [4.69, 9.17) is 28.4 Å². The SMILES string of the molecule is COc1cc2c(-c3ccc4c(c3)OCO4)c3c(cc2c(OC)c1OC)COC3=O. The lowest BCUT2D eigenvalue weighted by Crippen LogP contribution is -2.01. The first kappa shape index (κ1) is 17.5. The fourth-order valence-corrected chi connectivity index (χ4v) is 3.98. The van der Waals surface area contributed by atoms with Gasteiger partial charge in [0.1, 0.15) is 6.61 Å². The van der Waals surface area contributed by atoms with Crippen molar-refractivity contribution in [2.45, 2.75) is 6.61 Å². The molecule has 0 fully saturated rings. The summed E-state index contributed by atoms with van der Waals surface area (Å²) in [5.74, 6) is 2.47. The molecule has 2 aliphatic heterocycles. The predicted octanol–water partition coefficient (Wildman–Crippen LogP) is 3.93. The van der Waals surface area contributed by atoms with Crippen LogP contribution in [0.25, 0.3) is 21.9 Å². The third-order valence-corrected chi connectivity index (χ3v) is 5.25. The van der Waals surface area contributed by atoms with Crippen LogP contribution in [0.15, 0.2) is 30.3 Å². The highest BCUT2D eigenvalue weighted by Gasteiger charge is 2.31. The van der Waals surface area contributed by atoms with Crippen LogP contribution in [0, 0.1) is 0 Å². The Bertz CT molecular complexity index is 1170. The van der Waals surface area contributed by atoms with E-state index in [0.29, 0.717) is 34.3 Å². The van der Waals surface area contributed by atoms with E-state index in [1.54, 1.807) is 21.3 Å². The summed E-state index contributed by atoms with van der Waals surface area (Å²) >= 11 is 0. The number of hydrogen-bond acceptors (Lipinski definition) is 7. The summed E-state index contributed by atoms with van der Waals surface area (Å²) in [6, 6.07) is 9.36. The predicted molar refractivity (Wildman–Crippen MR) is 104 cm³/mol. The van der Waals surface area contributed by atoms with Crippen LogP contribution >= 0.6 is 0 Å². The van der Waals surface area contributed by atoms with Gasteiger partial charge in [0, 0.05) is 16.5 Å². The summed E-state index contributed by atoms with van der Waals surface area (Å²) in [6.07, 6.45) is 0. The van der Waals surface area contributed by atoms with Gasteiger partial charge < -0.3 is 28.4 Å². The largest absolute Gasteiger partial charge is 0.493 e. The molecule has 0 amide bonds. The Morgan fingerprint density at radius 2 is 1.59 bits per heavy atom. The molecule has 148 valence electrons. The Morgan fingerprint density at radius 1 is 0.793 bits per heavy atom. The molecule has 29 heavy (non-hydrogen) atoms. The fraction of sp³-hybridized carbons (Fsp3) is 0.227. The molecule has 3 aromatic carbocycles. The van der Waals surface area contributed by atoms with Gasteiger partial charge in [-0.3, -0.25) is 0 Å². The minimum atomic E-state index is -0.358. The van der Waals surface area contributed by atoms with Crippen molar-refractivity contribution in [1.82, 2.24) is 0 Å². The van der Waals surface area contributed by atoms with Gasteiger partial charge in [0.25, 0.3) is 0 Å². The van der Waals surface area contributed by atoms with Crippen LogP contribution in [-0.2, 0) is 11.3 Å². The van der Waals surface area contributed by atoms with Crippen LogP contribution in [0.2, 0.25) is 0 Å². The van der Waals surface area contributed by atoms with Crippen molar-refractivity contribution in [2.24, 2.45) is 0 Å². The van der Waals surface area contributed by atoms with Crippen LogP contribution < -0.4 is 23.7 Å². The Morgan fingerprint density at radius 3 is 2.34 bits per heavy atom. The summed E-state index contributed by atoms with van der Waals surface area (Å²) in [7, 11) is 4.70. The number of ether oxygens (including phenoxy) is 6. The lowest BCUT2D eigenvalue weighted by molar-refractivity contribution is 0.0535. The first-order valence-electron chi connectivity index (χ1n) is 9.02.